The van der Waals surface area contributed by atoms with Crippen molar-refractivity contribution in [3.63, 3.8) is 0 Å². The minimum Gasteiger partial charge on any atom is -0.397 e. The molecule has 1 heterocycles. The van der Waals surface area contributed by atoms with E-state index >= 15 is 0 Å². The number of nitrogens with one attached hydrogen (secondary N) is 2. The molecule has 0 spiro atoms. The molecule has 0 saturated carbocycles. The van der Waals surface area contributed by atoms with E-state index in [1.165, 1.54) is 6.33 Å². The summed E-state index contributed by atoms with van der Waals surface area (Å²) in [6.07, 6.45) is 4.56. The number of fused-ring (bicyclic) bond motifs is 1. The maximum absolute atomic E-state index is 11.6. The number of aromatic amines is 1. The number of aromatic nitrogens is 2. The van der Waals surface area contributed by atoms with E-state index in [0.717, 1.165) is 18.7 Å². The van der Waals surface area contributed by atoms with Gasteiger partial charge >= 0.3 is 0 Å². The van der Waals surface area contributed by atoms with Crippen molar-refractivity contribution in [3.8, 4) is 0 Å². The Hall–Kier alpha value is -1.69. The molecule has 1 unspecified atom stereocenters. The van der Waals surface area contributed by atoms with Crippen LogP contribution < -0.4 is 16.6 Å². The summed E-state index contributed by atoms with van der Waals surface area (Å²) in [7, 11) is 0. The Morgan fingerprint density at radius 2 is 2.32 bits per heavy atom. The van der Waals surface area contributed by atoms with Crippen molar-refractivity contribution in [2.45, 2.75) is 18.6 Å². The van der Waals surface area contributed by atoms with Gasteiger partial charge in [0.25, 0.3) is 5.56 Å². The van der Waals surface area contributed by atoms with Gasteiger partial charge in [-0.3, -0.25) is 4.79 Å². The first-order valence-electron chi connectivity index (χ1n) is 6.15. The molecule has 0 fully saturated rings. The molecule has 1 aromatic carbocycles. The maximum atomic E-state index is 11.6. The highest BCUT2D eigenvalue weighted by atomic mass is 32.2. The Morgan fingerprint density at radius 1 is 1.53 bits per heavy atom. The summed E-state index contributed by atoms with van der Waals surface area (Å²) in [5.41, 5.74) is 7.84. The van der Waals surface area contributed by atoms with E-state index in [-0.39, 0.29) is 5.56 Å². The van der Waals surface area contributed by atoms with Crippen LogP contribution in [0.4, 0.5) is 11.4 Å². The number of hydrogen-bond donors (Lipinski definition) is 3. The number of thioether (sulfide) groups is 1. The molecule has 0 amide bonds. The van der Waals surface area contributed by atoms with Gasteiger partial charge in [-0.15, -0.1) is 0 Å². The van der Waals surface area contributed by atoms with Crippen molar-refractivity contribution in [3.05, 3.63) is 28.8 Å². The van der Waals surface area contributed by atoms with Gasteiger partial charge in [0.05, 0.1) is 28.6 Å². The third-order valence-electron chi connectivity index (χ3n) is 3.08. The van der Waals surface area contributed by atoms with Crippen molar-refractivity contribution in [2.24, 2.45) is 0 Å². The normalized spacial score (nSPS) is 12.5. The summed E-state index contributed by atoms with van der Waals surface area (Å²) in [6, 6.07) is 3.49. The highest BCUT2D eigenvalue weighted by Gasteiger charge is 2.06. The zero-order valence-electron chi connectivity index (χ0n) is 11.1. The molecule has 0 radical (unpaired) electrons. The second-order valence-electron chi connectivity index (χ2n) is 4.45. The van der Waals surface area contributed by atoms with Gasteiger partial charge in [-0.05, 0) is 24.8 Å². The van der Waals surface area contributed by atoms with E-state index in [9.17, 15) is 4.79 Å². The molecule has 0 aliphatic heterocycles. The van der Waals surface area contributed by atoms with Crippen LogP contribution >= 0.6 is 11.8 Å². The standard InChI is InChI=1S/C13H18N4OS/c1-8(19-2)3-4-15-12-6-11-9(5-10(12)14)13(18)17-7-16-11/h5-8,15H,3-4,14H2,1-2H3,(H,16,17,18). The first-order chi connectivity index (χ1) is 9.11. The lowest BCUT2D eigenvalue weighted by Gasteiger charge is -2.12. The van der Waals surface area contributed by atoms with Crippen molar-refractivity contribution in [2.75, 3.05) is 23.9 Å². The summed E-state index contributed by atoms with van der Waals surface area (Å²) < 4.78 is 0. The molecule has 0 aliphatic rings. The lowest BCUT2D eigenvalue weighted by atomic mass is 10.2. The van der Waals surface area contributed by atoms with Crippen molar-refractivity contribution < 1.29 is 0 Å². The molecule has 5 nitrogen and oxygen atoms in total. The van der Waals surface area contributed by atoms with Crippen LogP contribution in [0.5, 0.6) is 0 Å². The fraction of sp³-hybridized carbons (Fsp3) is 0.385. The Balaban J connectivity index is 2.20. The third kappa shape index (κ3) is 3.20. The highest BCUT2D eigenvalue weighted by Crippen LogP contribution is 2.23. The number of benzene rings is 1. The number of rotatable bonds is 5. The van der Waals surface area contributed by atoms with Crippen LogP contribution in [0.1, 0.15) is 13.3 Å². The monoisotopic (exact) mass is 278 g/mol. The molecule has 0 aliphatic carbocycles. The maximum Gasteiger partial charge on any atom is 0.258 e. The third-order valence-corrected chi connectivity index (χ3v) is 4.12. The highest BCUT2D eigenvalue weighted by molar-refractivity contribution is 7.99. The lowest BCUT2D eigenvalue weighted by molar-refractivity contribution is 0.854. The second kappa shape index (κ2) is 5.97. The van der Waals surface area contributed by atoms with E-state index in [1.54, 1.807) is 6.07 Å². The van der Waals surface area contributed by atoms with Crippen LogP contribution in [0.3, 0.4) is 0 Å². The minimum atomic E-state index is -0.167. The van der Waals surface area contributed by atoms with Crippen molar-refractivity contribution in [1.29, 1.82) is 0 Å². The molecule has 1 atom stereocenters. The van der Waals surface area contributed by atoms with Crippen LogP contribution in [0.2, 0.25) is 0 Å². The summed E-state index contributed by atoms with van der Waals surface area (Å²) in [5.74, 6) is 0. The van der Waals surface area contributed by atoms with Crippen LogP contribution in [-0.4, -0.2) is 28.0 Å². The van der Waals surface area contributed by atoms with Gasteiger partial charge in [0.1, 0.15) is 0 Å². The predicted octanol–water partition coefficient (Wildman–Crippen LogP) is 2.06. The number of hydrogen-bond acceptors (Lipinski definition) is 5. The zero-order valence-corrected chi connectivity index (χ0v) is 11.9. The number of nitrogens with zero attached hydrogens (tertiary/aromatic N) is 1. The zero-order chi connectivity index (χ0) is 13.8. The number of anilines is 2. The molecule has 2 rings (SSSR count). The van der Waals surface area contributed by atoms with E-state index < -0.39 is 0 Å². The fourth-order valence-corrected chi connectivity index (χ4v) is 2.17. The van der Waals surface area contributed by atoms with Crippen LogP contribution in [0.15, 0.2) is 23.3 Å². The SMILES string of the molecule is CSC(C)CCNc1cc2nc[nH]c(=O)c2cc1N. The summed E-state index contributed by atoms with van der Waals surface area (Å²) in [4.78, 5) is 18.3. The summed E-state index contributed by atoms with van der Waals surface area (Å²) in [6.45, 7) is 3.04. The molecule has 0 bridgehead atoms. The average Bonchev–Trinajstić information content (AvgIpc) is 2.40. The largest absolute Gasteiger partial charge is 0.397 e. The first-order valence-corrected chi connectivity index (χ1v) is 7.44. The Bertz CT molecular complexity index is 626. The van der Waals surface area contributed by atoms with E-state index in [2.05, 4.69) is 28.5 Å². The van der Waals surface area contributed by atoms with Crippen molar-refractivity contribution >= 4 is 34.0 Å². The first kappa shape index (κ1) is 13.7. The molecule has 19 heavy (non-hydrogen) atoms. The molecule has 1 aromatic heterocycles. The van der Waals surface area contributed by atoms with E-state index in [0.29, 0.717) is 21.8 Å². The smallest absolute Gasteiger partial charge is 0.258 e. The molecule has 102 valence electrons. The van der Waals surface area contributed by atoms with Gasteiger partial charge in [0, 0.05) is 11.8 Å². The van der Waals surface area contributed by atoms with Gasteiger partial charge < -0.3 is 16.0 Å². The molecule has 0 saturated heterocycles. The molecule has 2 aromatic rings. The summed E-state index contributed by atoms with van der Waals surface area (Å²) >= 11 is 1.84. The second-order valence-corrected chi connectivity index (χ2v) is 5.73. The number of nitrogens with two attached hydrogens (primary N) is 1. The van der Waals surface area contributed by atoms with Crippen LogP contribution in [-0.2, 0) is 0 Å². The van der Waals surface area contributed by atoms with E-state index in [1.807, 2.05) is 17.8 Å². The molecule has 6 heteroatoms. The van der Waals surface area contributed by atoms with Gasteiger partial charge in [-0.1, -0.05) is 6.92 Å². The Labute approximate surface area is 116 Å². The fourth-order valence-electron chi connectivity index (χ4n) is 1.81. The molecular weight excluding hydrogens is 260 g/mol. The molecular formula is C13H18N4OS. The van der Waals surface area contributed by atoms with Gasteiger partial charge in [0.15, 0.2) is 0 Å². The van der Waals surface area contributed by atoms with Crippen LogP contribution in [0.25, 0.3) is 10.9 Å². The summed E-state index contributed by atoms with van der Waals surface area (Å²) in [5, 5.41) is 4.42. The Kier molecular flexibility index (Phi) is 4.31. The minimum absolute atomic E-state index is 0.167. The number of nitrogen functional groups attached to an aromatic ring is 1. The topological polar surface area (TPSA) is 83.8 Å². The average molecular weight is 278 g/mol. The van der Waals surface area contributed by atoms with Gasteiger partial charge in [-0.2, -0.15) is 11.8 Å². The van der Waals surface area contributed by atoms with Crippen molar-refractivity contribution in [1.82, 2.24) is 9.97 Å². The van der Waals surface area contributed by atoms with E-state index in [4.69, 9.17) is 5.73 Å². The molecule has 4 N–H and O–H groups in total. The van der Waals surface area contributed by atoms with Gasteiger partial charge in [0.2, 0.25) is 0 Å². The van der Waals surface area contributed by atoms with Crippen LogP contribution in [0, 0.1) is 0 Å². The quantitative estimate of drug-likeness (QED) is 0.729. The number of H-pyrrole nitrogens is 1. The Morgan fingerprint density at radius 3 is 3.05 bits per heavy atom. The predicted molar refractivity (Wildman–Crippen MR) is 82.9 cm³/mol. The lowest BCUT2D eigenvalue weighted by Crippen LogP contribution is -2.11. The van der Waals surface area contributed by atoms with Gasteiger partial charge in [-0.25, -0.2) is 4.98 Å².